The highest BCUT2D eigenvalue weighted by Crippen LogP contribution is 2.26. The molecule has 2 fully saturated rings. The molecule has 0 unspecified atom stereocenters. The standard InChI is InChI=1S/C26H40N2O2/c1-3-18-27(23-14-7-5-8-15-23)25(29)21-12-11-13-22(20-21)26(30)28(19-4-2)24-16-9-6-10-17-24/h11-13,20,23-24H,3-10,14-19H2,1-2H3. The first-order chi connectivity index (χ1) is 14.7. The van der Waals surface area contributed by atoms with Crippen molar-refractivity contribution in [2.24, 2.45) is 0 Å². The van der Waals surface area contributed by atoms with Gasteiger partial charge in [0, 0.05) is 36.3 Å². The molecule has 2 aliphatic rings. The van der Waals surface area contributed by atoms with Gasteiger partial charge in [0.05, 0.1) is 0 Å². The van der Waals surface area contributed by atoms with Crippen LogP contribution in [0, 0.1) is 0 Å². The molecule has 0 radical (unpaired) electrons. The highest BCUT2D eigenvalue weighted by Gasteiger charge is 2.28. The molecule has 30 heavy (non-hydrogen) atoms. The number of hydrogen-bond acceptors (Lipinski definition) is 2. The Morgan fingerprint density at radius 2 is 1.13 bits per heavy atom. The SMILES string of the molecule is CCCN(C(=O)c1cccc(C(=O)N(CCC)C2CCCCC2)c1)C1CCCCC1. The van der Waals surface area contributed by atoms with E-state index in [1.54, 1.807) is 0 Å². The van der Waals surface area contributed by atoms with E-state index in [9.17, 15) is 9.59 Å². The van der Waals surface area contributed by atoms with Gasteiger partial charge in [-0.15, -0.1) is 0 Å². The van der Waals surface area contributed by atoms with Crippen LogP contribution < -0.4 is 0 Å². The fourth-order valence-electron chi connectivity index (χ4n) is 5.28. The Morgan fingerprint density at radius 3 is 1.50 bits per heavy atom. The van der Waals surface area contributed by atoms with Crippen LogP contribution in [0.2, 0.25) is 0 Å². The van der Waals surface area contributed by atoms with E-state index in [4.69, 9.17) is 0 Å². The van der Waals surface area contributed by atoms with Crippen molar-refractivity contribution in [1.29, 1.82) is 0 Å². The van der Waals surface area contributed by atoms with Crippen LogP contribution in [0.15, 0.2) is 24.3 Å². The van der Waals surface area contributed by atoms with Gasteiger partial charge < -0.3 is 9.80 Å². The number of amides is 2. The fraction of sp³-hybridized carbons (Fsp3) is 0.692. The second-order valence-corrected chi connectivity index (χ2v) is 9.16. The highest BCUT2D eigenvalue weighted by atomic mass is 16.2. The van der Waals surface area contributed by atoms with Crippen LogP contribution in [0.1, 0.15) is 112 Å². The second kappa shape index (κ2) is 11.5. The third kappa shape index (κ3) is 5.65. The Balaban J connectivity index is 1.78. The van der Waals surface area contributed by atoms with E-state index in [0.29, 0.717) is 23.2 Å². The summed E-state index contributed by atoms with van der Waals surface area (Å²) in [5.74, 6) is 0.191. The van der Waals surface area contributed by atoms with E-state index >= 15 is 0 Å². The largest absolute Gasteiger partial charge is 0.336 e. The first kappa shape index (κ1) is 22.8. The van der Waals surface area contributed by atoms with Gasteiger partial charge in [-0.25, -0.2) is 0 Å². The van der Waals surface area contributed by atoms with E-state index in [2.05, 4.69) is 23.6 Å². The molecule has 0 spiro atoms. The summed E-state index contributed by atoms with van der Waals surface area (Å²) in [6.07, 6.45) is 13.8. The predicted molar refractivity (Wildman–Crippen MR) is 123 cm³/mol. The molecule has 4 heteroatoms. The summed E-state index contributed by atoms with van der Waals surface area (Å²) in [7, 11) is 0. The zero-order valence-corrected chi connectivity index (χ0v) is 19.1. The molecule has 3 rings (SSSR count). The Morgan fingerprint density at radius 1 is 0.733 bits per heavy atom. The zero-order chi connectivity index (χ0) is 21.3. The highest BCUT2D eigenvalue weighted by molar-refractivity contribution is 6.00. The summed E-state index contributed by atoms with van der Waals surface area (Å²) in [6, 6.07) is 8.21. The first-order valence-electron chi connectivity index (χ1n) is 12.4. The van der Waals surface area contributed by atoms with Crippen molar-refractivity contribution in [3.8, 4) is 0 Å². The first-order valence-corrected chi connectivity index (χ1v) is 12.4. The second-order valence-electron chi connectivity index (χ2n) is 9.16. The molecule has 0 aromatic heterocycles. The Kier molecular flexibility index (Phi) is 8.77. The molecule has 1 aromatic carbocycles. The van der Waals surface area contributed by atoms with Crippen LogP contribution >= 0.6 is 0 Å². The normalized spacial score (nSPS) is 18.2. The minimum absolute atomic E-state index is 0.0955. The van der Waals surface area contributed by atoms with Gasteiger partial charge in [-0.2, -0.15) is 0 Å². The summed E-state index contributed by atoms with van der Waals surface area (Å²) in [5, 5.41) is 0. The smallest absolute Gasteiger partial charge is 0.254 e. The molecule has 0 bridgehead atoms. The van der Waals surface area contributed by atoms with Crippen LogP contribution in [-0.2, 0) is 0 Å². The Labute approximate surface area is 183 Å². The maximum absolute atomic E-state index is 13.4. The molecule has 0 N–H and O–H groups in total. The third-order valence-electron chi connectivity index (χ3n) is 6.84. The Bertz CT molecular complexity index is 635. The molecule has 2 aliphatic carbocycles. The van der Waals surface area contributed by atoms with Crippen LogP contribution in [0.25, 0.3) is 0 Å². The Hall–Kier alpha value is -1.84. The lowest BCUT2D eigenvalue weighted by molar-refractivity contribution is 0.0632. The molecular formula is C26H40N2O2. The monoisotopic (exact) mass is 412 g/mol. The van der Waals surface area contributed by atoms with Crippen molar-refractivity contribution in [3.63, 3.8) is 0 Å². The van der Waals surface area contributed by atoms with Gasteiger partial charge in [0.15, 0.2) is 0 Å². The minimum Gasteiger partial charge on any atom is -0.336 e. The number of carbonyl (C=O) groups is 2. The lowest BCUT2D eigenvalue weighted by Gasteiger charge is -2.35. The van der Waals surface area contributed by atoms with E-state index in [0.717, 1.165) is 51.6 Å². The molecule has 0 aliphatic heterocycles. The van der Waals surface area contributed by atoms with Crippen molar-refractivity contribution in [2.75, 3.05) is 13.1 Å². The van der Waals surface area contributed by atoms with Crippen molar-refractivity contribution in [1.82, 2.24) is 9.80 Å². The molecule has 0 heterocycles. The van der Waals surface area contributed by atoms with Crippen molar-refractivity contribution < 1.29 is 9.59 Å². The molecule has 2 saturated carbocycles. The summed E-state index contributed by atoms with van der Waals surface area (Å²) >= 11 is 0. The lowest BCUT2D eigenvalue weighted by Crippen LogP contribution is -2.43. The van der Waals surface area contributed by atoms with Crippen LogP contribution in [-0.4, -0.2) is 46.8 Å². The number of benzene rings is 1. The average Bonchev–Trinajstić information content (AvgIpc) is 2.81. The molecule has 0 atom stereocenters. The van der Waals surface area contributed by atoms with Gasteiger partial charge in [-0.3, -0.25) is 9.59 Å². The van der Waals surface area contributed by atoms with E-state index < -0.39 is 0 Å². The number of rotatable bonds is 8. The number of nitrogens with zero attached hydrogens (tertiary/aromatic N) is 2. The fourth-order valence-corrected chi connectivity index (χ4v) is 5.28. The number of hydrogen-bond donors (Lipinski definition) is 0. The van der Waals surface area contributed by atoms with Gasteiger partial charge in [0.25, 0.3) is 11.8 Å². The van der Waals surface area contributed by atoms with Gasteiger partial charge in [0.2, 0.25) is 0 Å². The van der Waals surface area contributed by atoms with Crippen molar-refractivity contribution in [2.45, 2.75) is 103 Å². The molecule has 4 nitrogen and oxygen atoms in total. The van der Waals surface area contributed by atoms with Crippen molar-refractivity contribution >= 4 is 11.8 Å². The molecule has 0 saturated heterocycles. The molecule has 1 aromatic rings. The summed E-state index contributed by atoms with van der Waals surface area (Å²) in [4.78, 5) is 31.0. The third-order valence-corrected chi connectivity index (χ3v) is 6.84. The summed E-state index contributed by atoms with van der Waals surface area (Å²) in [5.41, 5.74) is 1.33. The molecule has 2 amide bonds. The van der Waals surface area contributed by atoms with Crippen LogP contribution in [0.4, 0.5) is 0 Å². The predicted octanol–water partition coefficient (Wildman–Crippen LogP) is 6.06. The zero-order valence-electron chi connectivity index (χ0n) is 19.1. The molecule has 166 valence electrons. The van der Waals surface area contributed by atoms with Crippen molar-refractivity contribution in [3.05, 3.63) is 35.4 Å². The van der Waals surface area contributed by atoms with Gasteiger partial charge in [-0.05, 0) is 56.7 Å². The molecular weight excluding hydrogens is 372 g/mol. The number of carbonyl (C=O) groups excluding carboxylic acids is 2. The minimum atomic E-state index is 0.0955. The average molecular weight is 413 g/mol. The van der Waals surface area contributed by atoms with Crippen LogP contribution in [0.3, 0.4) is 0 Å². The van der Waals surface area contributed by atoms with E-state index in [-0.39, 0.29) is 11.8 Å². The quantitative estimate of drug-likeness (QED) is 0.521. The van der Waals surface area contributed by atoms with E-state index in [1.165, 1.54) is 38.5 Å². The van der Waals surface area contributed by atoms with Crippen LogP contribution in [0.5, 0.6) is 0 Å². The summed E-state index contributed by atoms with van der Waals surface area (Å²) in [6.45, 7) is 5.86. The van der Waals surface area contributed by atoms with Gasteiger partial charge >= 0.3 is 0 Å². The van der Waals surface area contributed by atoms with Gasteiger partial charge in [0.1, 0.15) is 0 Å². The topological polar surface area (TPSA) is 40.6 Å². The maximum Gasteiger partial charge on any atom is 0.254 e. The summed E-state index contributed by atoms with van der Waals surface area (Å²) < 4.78 is 0. The van der Waals surface area contributed by atoms with E-state index in [1.807, 2.05) is 24.3 Å². The lowest BCUT2D eigenvalue weighted by atomic mass is 9.93. The maximum atomic E-state index is 13.4. The van der Waals surface area contributed by atoms with Gasteiger partial charge in [-0.1, -0.05) is 58.4 Å².